The van der Waals surface area contributed by atoms with Crippen LogP contribution < -0.4 is 14.8 Å². The number of benzene rings is 1. The van der Waals surface area contributed by atoms with Gasteiger partial charge in [-0.25, -0.2) is 0 Å². The van der Waals surface area contributed by atoms with Crippen molar-refractivity contribution in [2.75, 3.05) is 40.6 Å². The monoisotopic (exact) mass is 1150 g/mol. The van der Waals surface area contributed by atoms with E-state index in [1.54, 1.807) is 39.8 Å². The van der Waals surface area contributed by atoms with E-state index in [2.05, 4.69) is 10.2 Å². The Bertz CT molecular complexity index is 2300. The molecule has 1 aromatic carbocycles. The number of carbonyl (C=O) groups excluding carboxylic acids is 6. The first-order valence-corrected chi connectivity index (χ1v) is 28.1. The number of para-hydroxylation sites is 1. The zero-order valence-corrected chi connectivity index (χ0v) is 49.3. The molecule has 0 aromatic heterocycles. The number of esters is 4. The Labute approximate surface area is 476 Å². The minimum Gasteiger partial charge on any atom is -0.462 e. The molecule has 1 unspecified atom stereocenters. The van der Waals surface area contributed by atoms with Gasteiger partial charge in [0.2, 0.25) is 5.91 Å². The number of nitrogens with one attached hydrogen (secondary N) is 1. The normalized spacial score (nSPS) is 36.2. The highest BCUT2D eigenvalue weighted by Crippen LogP contribution is 2.40. The van der Waals surface area contributed by atoms with E-state index in [0.717, 1.165) is 19.6 Å². The van der Waals surface area contributed by atoms with Crippen LogP contribution in [0.3, 0.4) is 0 Å². The van der Waals surface area contributed by atoms with E-state index in [0.29, 0.717) is 12.8 Å². The van der Waals surface area contributed by atoms with Crippen LogP contribution in [0.1, 0.15) is 120 Å². The van der Waals surface area contributed by atoms with Gasteiger partial charge < -0.3 is 87.3 Å². The molecule has 5 rings (SSSR count). The molecule has 1 amide bonds. The van der Waals surface area contributed by atoms with E-state index >= 15 is 0 Å². The van der Waals surface area contributed by atoms with Crippen molar-refractivity contribution in [2.45, 2.75) is 223 Å². The zero-order chi connectivity index (χ0) is 59.9. The molecule has 23 nitrogen and oxygen atoms in total. The van der Waals surface area contributed by atoms with Gasteiger partial charge in [-0.2, -0.15) is 0 Å². The molecule has 0 spiro atoms. The number of aldehydes is 1. The van der Waals surface area contributed by atoms with Crippen LogP contribution in [-0.4, -0.2) is 200 Å². The number of hydrogen-bond donors (Lipinski definition) is 4. The van der Waals surface area contributed by atoms with Gasteiger partial charge in [-0.3, -0.25) is 24.0 Å². The summed E-state index contributed by atoms with van der Waals surface area (Å²) in [4.78, 5) is 81.7. The molecule has 19 atom stereocenters. The summed E-state index contributed by atoms with van der Waals surface area (Å²) < 4.78 is 68.2. The predicted octanol–water partition coefficient (Wildman–Crippen LogP) is 4.54. The maximum absolute atomic E-state index is 14.3. The van der Waals surface area contributed by atoms with Crippen LogP contribution in [0.2, 0.25) is 0 Å². The van der Waals surface area contributed by atoms with Crippen molar-refractivity contribution in [2.24, 2.45) is 11.8 Å². The molecule has 3 fully saturated rings. The average Bonchev–Trinajstić information content (AvgIpc) is 3.36. The zero-order valence-electron chi connectivity index (χ0n) is 49.3. The summed E-state index contributed by atoms with van der Waals surface area (Å²) in [7, 11) is 8.82. The fourth-order valence-electron chi connectivity index (χ4n) is 11.1. The average molecular weight is 1150 g/mol. The van der Waals surface area contributed by atoms with Crippen molar-refractivity contribution < 1.29 is 96.2 Å². The number of nitrogens with zero attached hydrogens (tertiary/aromatic N) is 2. The number of ether oxygens (including phenoxy) is 11. The molecule has 3 saturated heterocycles. The summed E-state index contributed by atoms with van der Waals surface area (Å²) in [5, 5.41) is 36.7. The summed E-state index contributed by atoms with van der Waals surface area (Å²) in [6, 6.07) is 3.61. The SMILES string of the molecule is COC1[C@H](O)CC(=O)O[C@H](C)C/C=C/C=C/[C@H](O[C@H]2CC[C@H](N(C)C)[C@@H](C)O2)[C@H](C)C[C@H](CC=O)[C@@H]1O[C@@H]1O[C@H](C)[C@@H](O[C@H]2C[C@@](C)(O)[C@@H](O)[C@H](C)O2)[C@H](N(C)C)[C@H]1OC(=O)CCCC(=O)Nc1cccc(OC(C)=O)c1OC(C)=O. The second-order valence-electron chi connectivity index (χ2n) is 22.5. The lowest BCUT2D eigenvalue weighted by atomic mass is 9.82. The first-order valence-electron chi connectivity index (χ1n) is 28.1. The van der Waals surface area contributed by atoms with Crippen LogP contribution in [0.4, 0.5) is 5.69 Å². The molecule has 4 aliphatic heterocycles. The van der Waals surface area contributed by atoms with Crippen molar-refractivity contribution >= 4 is 41.8 Å². The lowest BCUT2D eigenvalue weighted by molar-refractivity contribution is -0.344. The molecule has 4 aliphatic rings. The van der Waals surface area contributed by atoms with E-state index in [4.69, 9.17) is 52.1 Å². The summed E-state index contributed by atoms with van der Waals surface area (Å²) in [5.41, 5.74) is -1.56. The highest BCUT2D eigenvalue weighted by atomic mass is 16.7. The second-order valence-corrected chi connectivity index (χ2v) is 22.5. The van der Waals surface area contributed by atoms with Crippen LogP contribution in [0.5, 0.6) is 11.5 Å². The molecule has 4 heterocycles. The maximum atomic E-state index is 14.3. The molecule has 456 valence electrons. The summed E-state index contributed by atoms with van der Waals surface area (Å²) in [5.74, 6) is -4.89. The molecule has 81 heavy (non-hydrogen) atoms. The number of amides is 1. The highest BCUT2D eigenvalue weighted by Gasteiger charge is 2.54. The van der Waals surface area contributed by atoms with Crippen LogP contribution in [0.25, 0.3) is 0 Å². The van der Waals surface area contributed by atoms with Gasteiger partial charge in [0.05, 0.1) is 60.4 Å². The number of aliphatic hydroxyl groups is 3. The Morgan fingerprint density at radius 2 is 1.53 bits per heavy atom. The minimum absolute atomic E-state index is 0.0389. The van der Waals surface area contributed by atoms with Crippen molar-refractivity contribution in [1.82, 2.24) is 9.80 Å². The number of likely N-dealkylation sites (N-methyl/N-ethyl adjacent to an activating group) is 2. The second kappa shape index (κ2) is 31.2. The molecular formula is C58H89N3O20. The van der Waals surface area contributed by atoms with Crippen LogP contribution >= 0.6 is 0 Å². The topological polar surface area (TPSA) is 283 Å². The molecule has 0 aliphatic carbocycles. The smallest absolute Gasteiger partial charge is 0.308 e. The fraction of sp³-hybridized carbons (Fsp3) is 0.724. The molecule has 0 saturated carbocycles. The maximum Gasteiger partial charge on any atom is 0.308 e. The molecule has 23 heteroatoms. The lowest BCUT2D eigenvalue weighted by Crippen LogP contribution is -2.66. The number of allylic oxidation sites excluding steroid dienone is 2. The summed E-state index contributed by atoms with van der Waals surface area (Å²) >= 11 is 0. The third-order valence-corrected chi connectivity index (χ3v) is 15.2. The fourth-order valence-corrected chi connectivity index (χ4v) is 11.1. The van der Waals surface area contributed by atoms with E-state index < -0.39 is 134 Å². The van der Waals surface area contributed by atoms with Crippen molar-refractivity contribution in [1.29, 1.82) is 0 Å². The van der Waals surface area contributed by atoms with Crippen LogP contribution in [0, 0.1) is 11.8 Å². The minimum atomic E-state index is -1.60. The quantitative estimate of drug-likeness (QED) is 0.0841. The van der Waals surface area contributed by atoms with Gasteiger partial charge in [-0.05, 0) is 112 Å². The molecular weight excluding hydrogens is 1060 g/mol. The number of aliphatic hydroxyl groups excluding tert-OH is 2. The highest BCUT2D eigenvalue weighted by molar-refractivity contribution is 5.94. The Balaban J connectivity index is 1.51. The van der Waals surface area contributed by atoms with Crippen LogP contribution in [0.15, 0.2) is 42.5 Å². The van der Waals surface area contributed by atoms with Gasteiger partial charge in [0.1, 0.15) is 30.7 Å². The Hall–Kier alpha value is -4.76. The molecule has 4 N–H and O–H groups in total. The van der Waals surface area contributed by atoms with E-state index in [-0.39, 0.29) is 73.8 Å². The van der Waals surface area contributed by atoms with Crippen molar-refractivity contribution in [3.63, 3.8) is 0 Å². The Morgan fingerprint density at radius 3 is 2.16 bits per heavy atom. The lowest BCUT2D eigenvalue weighted by Gasteiger charge is -2.50. The number of hydrogen-bond acceptors (Lipinski definition) is 22. The first-order chi connectivity index (χ1) is 38.2. The largest absolute Gasteiger partial charge is 0.462 e. The van der Waals surface area contributed by atoms with Gasteiger partial charge in [-0.15, -0.1) is 0 Å². The number of anilines is 1. The van der Waals surface area contributed by atoms with Gasteiger partial charge >= 0.3 is 23.9 Å². The third kappa shape index (κ3) is 19.4. The third-order valence-electron chi connectivity index (χ3n) is 15.2. The number of methoxy groups -OCH3 is 1. The van der Waals surface area contributed by atoms with E-state index in [9.17, 15) is 44.1 Å². The van der Waals surface area contributed by atoms with Gasteiger partial charge in [0, 0.05) is 59.1 Å². The first kappa shape index (κ1) is 67.0. The van der Waals surface area contributed by atoms with Gasteiger partial charge in [-0.1, -0.05) is 37.3 Å². The molecule has 1 aromatic rings. The van der Waals surface area contributed by atoms with E-state index in [1.807, 2.05) is 52.2 Å². The number of carbonyl (C=O) groups is 6. The van der Waals surface area contributed by atoms with Crippen molar-refractivity contribution in [3.05, 3.63) is 42.5 Å². The van der Waals surface area contributed by atoms with Gasteiger partial charge in [0.15, 0.2) is 36.5 Å². The van der Waals surface area contributed by atoms with Crippen molar-refractivity contribution in [3.8, 4) is 11.5 Å². The summed E-state index contributed by atoms with van der Waals surface area (Å²) in [6.45, 7) is 12.8. The van der Waals surface area contributed by atoms with Gasteiger partial charge in [0.25, 0.3) is 0 Å². The number of cyclic esters (lactones) is 1. The predicted molar refractivity (Wildman–Crippen MR) is 292 cm³/mol. The molecule has 0 radical (unpaired) electrons. The Kier molecular flexibility index (Phi) is 25.8. The molecule has 0 bridgehead atoms. The standard InChI is InChI=1S/C58H89N3O20/c1-32-29-39(27-28-62)52(54(71-13)42(65)30-47(68)72-33(2)19-15-14-16-21-43(32)78-48-26-25-41(60(9)10)34(3)73-48)81-57-55(50(61(11)12)51(35(4)75-57)80-49-31-58(8,70)56(69)36(5)74-49)79-46(67)24-18-23-45(66)59-40-20-17-22-44(76-37(6)63)53(40)77-38(7)64/h14-17,20-22,28,32-36,39,41-43,48-52,54-57,65,69-70H,18-19,23-27,29-31H2,1-13H3,(H,59,66)/b15-14+,21-16+/t32-,33-,34-,35-,36+,39+,41+,42-,43+,48+,49+,50+,51-,52+,54?,55-,56+,57+,58-/m1/s1. The van der Waals surface area contributed by atoms with E-state index in [1.165, 1.54) is 39.2 Å². The summed E-state index contributed by atoms with van der Waals surface area (Å²) in [6.07, 6.45) is -4.83. The van der Waals surface area contributed by atoms with Crippen LogP contribution in [-0.2, 0) is 71.4 Å². The number of rotatable bonds is 19. The Morgan fingerprint density at radius 1 is 0.827 bits per heavy atom.